The Hall–Kier alpha value is -1.50. The summed E-state index contributed by atoms with van der Waals surface area (Å²) in [7, 11) is 0. The summed E-state index contributed by atoms with van der Waals surface area (Å²) in [5, 5.41) is 2.71. The van der Waals surface area contributed by atoms with Crippen molar-refractivity contribution in [1.29, 1.82) is 0 Å². The molecule has 2 N–H and O–H groups in total. The zero-order valence-electron chi connectivity index (χ0n) is 13.4. The maximum Gasteiger partial charge on any atom is 0.273 e. The Labute approximate surface area is 151 Å². The first kappa shape index (κ1) is 18.8. The van der Waals surface area contributed by atoms with Gasteiger partial charge in [0.2, 0.25) is 0 Å². The summed E-state index contributed by atoms with van der Waals surface area (Å²) in [6, 6.07) is 6.72. The maximum atomic E-state index is 13.1. The van der Waals surface area contributed by atoms with E-state index in [1.807, 2.05) is 22.4 Å². The molecule has 0 bridgehead atoms. The molecule has 1 saturated heterocycles. The van der Waals surface area contributed by atoms with E-state index < -0.39 is 0 Å². The number of amides is 1. The third kappa shape index (κ3) is 3.94. The summed E-state index contributed by atoms with van der Waals surface area (Å²) in [6.45, 7) is 3.23. The fraction of sp³-hybridized carbons (Fsp3) is 0.412. The molecule has 0 spiro atoms. The number of nitrogens with zero attached hydrogens (tertiary/aromatic N) is 2. The fourth-order valence-corrected chi connectivity index (χ4v) is 3.87. The summed E-state index contributed by atoms with van der Waals surface area (Å²) >= 11 is 1.48. The first-order valence-corrected chi connectivity index (χ1v) is 8.67. The van der Waals surface area contributed by atoms with Gasteiger partial charge in [-0.15, -0.1) is 23.7 Å². The van der Waals surface area contributed by atoms with Gasteiger partial charge in [0, 0.05) is 30.3 Å². The van der Waals surface area contributed by atoms with Crippen LogP contribution in [0.1, 0.15) is 40.3 Å². The minimum atomic E-state index is -0.234. The molecule has 1 amide bonds. The first-order valence-electron chi connectivity index (χ1n) is 7.79. The molecule has 1 aromatic heterocycles. The summed E-state index contributed by atoms with van der Waals surface area (Å²) in [4.78, 5) is 18.9. The second kappa shape index (κ2) is 8.05. The molecule has 130 valence electrons. The largest absolute Gasteiger partial charge is 0.334 e. The lowest BCUT2D eigenvalue weighted by molar-refractivity contribution is 0.0740. The smallest absolute Gasteiger partial charge is 0.273 e. The SMILES string of the molecule is CC1CC(c2ccc(F)cc2)CN1C(=O)c1csc(CCN)n1.Cl. The molecule has 1 aliphatic rings. The second-order valence-corrected chi connectivity index (χ2v) is 6.90. The van der Waals surface area contributed by atoms with Crippen LogP contribution in [0.15, 0.2) is 29.6 Å². The molecule has 7 heteroatoms. The van der Waals surface area contributed by atoms with Crippen molar-refractivity contribution in [3.63, 3.8) is 0 Å². The van der Waals surface area contributed by atoms with Crippen LogP contribution in [-0.2, 0) is 6.42 Å². The predicted octanol–water partition coefficient (Wildman–Crippen LogP) is 3.22. The molecule has 0 saturated carbocycles. The molecule has 1 fully saturated rings. The van der Waals surface area contributed by atoms with Crippen LogP contribution < -0.4 is 5.73 Å². The number of hydrogen-bond donors (Lipinski definition) is 1. The second-order valence-electron chi connectivity index (χ2n) is 5.96. The highest BCUT2D eigenvalue weighted by Crippen LogP contribution is 2.32. The van der Waals surface area contributed by atoms with Gasteiger partial charge in [0.05, 0.1) is 5.01 Å². The quantitative estimate of drug-likeness (QED) is 0.900. The zero-order valence-corrected chi connectivity index (χ0v) is 15.1. The van der Waals surface area contributed by atoms with E-state index in [0.717, 1.165) is 17.0 Å². The molecule has 1 aromatic carbocycles. The van der Waals surface area contributed by atoms with Crippen molar-refractivity contribution >= 4 is 29.7 Å². The molecule has 3 rings (SSSR count). The zero-order chi connectivity index (χ0) is 16.4. The standard InChI is InChI=1S/C17H20FN3OS.ClH/c1-11-8-13(12-2-4-14(18)5-3-12)9-21(11)17(22)15-10-23-16(20-15)6-7-19;/h2-5,10-11,13H,6-9,19H2,1H3;1H. The fourth-order valence-electron chi connectivity index (χ4n) is 3.08. The molecule has 0 radical (unpaired) electrons. The van der Waals surface area contributed by atoms with E-state index in [1.165, 1.54) is 23.5 Å². The number of aromatic nitrogens is 1. The molecule has 24 heavy (non-hydrogen) atoms. The summed E-state index contributed by atoms with van der Waals surface area (Å²) < 4.78 is 13.1. The van der Waals surface area contributed by atoms with Crippen LogP contribution in [0.2, 0.25) is 0 Å². The Morgan fingerprint density at radius 3 is 2.79 bits per heavy atom. The van der Waals surface area contributed by atoms with Crippen LogP contribution in [0.25, 0.3) is 0 Å². The lowest BCUT2D eigenvalue weighted by Crippen LogP contribution is -2.34. The Balaban J connectivity index is 0.00000208. The molecule has 1 aliphatic heterocycles. The van der Waals surface area contributed by atoms with Crippen LogP contribution in [0.4, 0.5) is 4.39 Å². The molecule has 2 heterocycles. The van der Waals surface area contributed by atoms with Gasteiger partial charge in [-0.05, 0) is 37.6 Å². The maximum absolute atomic E-state index is 13.1. The monoisotopic (exact) mass is 369 g/mol. The number of hydrogen-bond acceptors (Lipinski definition) is 4. The summed E-state index contributed by atoms with van der Waals surface area (Å²) in [5.41, 5.74) is 7.11. The van der Waals surface area contributed by atoms with Crippen LogP contribution in [-0.4, -0.2) is 34.9 Å². The minimum Gasteiger partial charge on any atom is -0.334 e. The Morgan fingerprint density at radius 1 is 1.42 bits per heavy atom. The van der Waals surface area contributed by atoms with E-state index >= 15 is 0 Å². The van der Waals surface area contributed by atoms with E-state index in [2.05, 4.69) is 11.9 Å². The minimum absolute atomic E-state index is 0. The van der Waals surface area contributed by atoms with E-state index in [-0.39, 0.29) is 36.1 Å². The molecule has 2 unspecified atom stereocenters. The van der Waals surface area contributed by atoms with Crippen LogP contribution >= 0.6 is 23.7 Å². The topological polar surface area (TPSA) is 59.2 Å². The van der Waals surface area contributed by atoms with Crippen LogP contribution in [0.3, 0.4) is 0 Å². The number of likely N-dealkylation sites (tertiary alicyclic amines) is 1. The number of nitrogens with two attached hydrogens (primary N) is 1. The number of benzene rings is 1. The van der Waals surface area contributed by atoms with E-state index in [4.69, 9.17) is 5.73 Å². The van der Waals surface area contributed by atoms with Crippen molar-refractivity contribution in [2.45, 2.75) is 31.7 Å². The number of halogens is 2. The highest BCUT2D eigenvalue weighted by Gasteiger charge is 2.34. The van der Waals surface area contributed by atoms with Crippen molar-refractivity contribution in [3.8, 4) is 0 Å². The van der Waals surface area contributed by atoms with E-state index in [1.54, 1.807) is 0 Å². The molecule has 4 nitrogen and oxygen atoms in total. The van der Waals surface area contributed by atoms with Gasteiger partial charge in [-0.2, -0.15) is 0 Å². The normalized spacial score (nSPS) is 20.0. The number of carbonyl (C=O) groups excluding carboxylic acids is 1. The van der Waals surface area contributed by atoms with Crippen LogP contribution in [0.5, 0.6) is 0 Å². The number of thiazole rings is 1. The van der Waals surface area contributed by atoms with E-state index in [0.29, 0.717) is 25.2 Å². The molecular weight excluding hydrogens is 349 g/mol. The van der Waals surface area contributed by atoms with Gasteiger partial charge in [-0.25, -0.2) is 9.37 Å². The van der Waals surface area contributed by atoms with Gasteiger partial charge in [0.15, 0.2) is 0 Å². The average molecular weight is 370 g/mol. The summed E-state index contributed by atoms with van der Waals surface area (Å²) in [6.07, 6.45) is 1.59. The third-order valence-corrected chi connectivity index (χ3v) is 5.21. The van der Waals surface area contributed by atoms with Crippen molar-refractivity contribution in [1.82, 2.24) is 9.88 Å². The van der Waals surface area contributed by atoms with Crippen molar-refractivity contribution in [2.24, 2.45) is 5.73 Å². The van der Waals surface area contributed by atoms with E-state index in [9.17, 15) is 9.18 Å². The van der Waals surface area contributed by atoms with Gasteiger partial charge in [0.25, 0.3) is 5.91 Å². The van der Waals surface area contributed by atoms with Crippen LogP contribution in [0, 0.1) is 5.82 Å². The highest BCUT2D eigenvalue weighted by molar-refractivity contribution is 7.09. The van der Waals surface area contributed by atoms with Crippen molar-refractivity contribution in [2.75, 3.05) is 13.1 Å². The highest BCUT2D eigenvalue weighted by atomic mass is 35.5. The third-order valence-electron chi connectivity index (χ3n) is 4.31. The van der Waals surface area contributed by atoms with Gasteiger partial charge in [0.1, 0.15) is 11.5 Å². The van der Waals surface area contributed by atoms with Gasteiger partial charge < -0.3 is 10.6 Å². The Morgan fingerprint density at radius 2 is 2.12 bits per heavy atom. The first-order chi connectivity index (χ1) is 11.1. The number of rotatable bonds is 4. The molecule has 2 atom stereocenters. The molecule has 0 aliphatic carbocycles. The molecule has 2 aromatic rings. The summed E-state index contributed by atoms with van der Waals surface area (Å²) in [5.74, 6) is -0.0130. The van der Waals surface area contributed by atoms with Crippen molar-refractivity contribution in [3.05, 3.63) is 51.7 Å². The lowest BCUT2D eigenvalue weighted by atomic mass is 9.97. The Bertz CT molecular complexity index is 691. The lowest BCUT2D eigenvalue weighted by Gasteiger charge is -2.20. The van der Waals surface area contributed by atoms with Gasteiger partial charge >= 0.3 is 0 Å². The van der Waals surface area contributed by atoms with Crippen molar-refractivity contribution < 1.29 is 9.18 Å². The predicted molar refractivity (Wildman–Crippen MR) is 96.4 cm³/mol. The van der Waals surface area contributed by atoms with Gasteiger partial charge in [-0.3, -0.25) is 4.79 Å². The average Bonchev–Trinajstić information content (AvgIpc) is 3.15. The van der Waals surface area contributed by atoms with Gasteiger partial charge in [-0.1, -0.05) is 12.1 Å². The number of carbonyl (C=O) groups is 1. The Kier molecular flexibility index (Phi) is 6.32. The molecular formula is C17H21ClFN3OS.